The lowest BCUT2D eigenvalue weighted by Gasteiger charge is -2.35. The van der Waals surface area contributed by atoms with Crippen molar-refractivity contribution < 1.29 is 32.6 Å². The highest BCUT2D eigenvalue weighted by molar-refractivity contribution is 5.90. The number of hydrogen-bond donors (Lipinski definition) is 4. The molecular weight excluding hydrogens is 420 g/mol. The predicted octanol–water partition coefficient (Wildman–Crippen LogP) is 2.92. The molecule has 0 bridgehead atoms. The Morgan fingerprint density at radius 2 is 2.16 bits per heavy atom. The number of anilines is 1. The number of halogens is 4. The Labute approximate surface area is 175 Å². The van der Waals surface area contributed by atoms with Crippen molar-refractivity contribution in [3.8, 4) is 0 Å². The molecule has 31 heavy (non-hydrogen) atoms. The van der Waals surface area contributed by atoms with E-state index in [-0.39, 0.29) is 30.9 Å². The number of aliphatic hydroxyl groups is 2. The van der Waals surface area contributed by atoms with Crippen molar-refractivity contribution in [3.05, 3.63) is 59.3 Å². The summed E-state index contributed by atoms with van der Waals surface area (Å²) in [6.07, 6.45) is -0.0308. The zero-order valence-electron chi connectivity index (χ0n) is 16.4. The van der Waals surface area contributed by atoms with Gasteiger partial charge < -0.3 is 15.5 Å². The van der Waals surface area contributed by atoms with Crippen LogP contribution < -0.4 is 10.6 Å². The first-order valence-corrected chi connectivity index (χ1v) is 9.59. The molecule has 1 unspecified atom stereocenters. The molecule has 11 heteroatoms. The molecule has 0 fully saturated rings. The first-order valence-electron chi connectivity index (χ1n) is 9.59. The summed E-state index contributed by atoms with van der Waals surface area (Å²) >= 11 is 0. The Morgan fingerprint density at radius 1 is 1.39 bits per heavy atom. The van der Waals surface area contributed by atoms with E-state index >= 15 is 4.39 Å². The lowest BCUT2D eigenvalue weighted by Crippen LogP contribution is -2.42. The van der Waals surface area contributed by atoms with E-state index in [2.05, 4.69) is 15.6 Å². The Hall–Kier alpha value is -2.92. The van der Waals surface area contributed by atoms with E-state index in [1.54, 1.807) is 18.4 Å². The van der Waals surface area contributed by atoms with Crippen LogP contribution in [-0.2, 0) is 6.18 Å². The maximum atomic E-state index is 15.0. The zero-order valence-corrected chi connectivity index (χ0v) is 16.4. The number of allylic oxidation sites excluding steroid dienone is 2. The number of hydrogen-bond acceptors (Lipinski definition) is 5. The van der Waals surface area contributed by atoms with Gasteiger partial charge in [0.2, 0.25) is 0 Å². The first kappa shape index (κ1) is 22.8. The van der Waals surface area contributed by atoms with E-state index in [1.165, 1.54) is 0 Å². The smallest absolute Gasteiger partial charge is 0.394 e. The van der Waals surface area contributed by atoms with Gasteiger partial charge in [-0.2, -0.15) is 13.2 Å². The minimum Gasteiger partial charge on any atom is -0.394 e. The number of aromatic nitrogens is 1. The van der Waals surface area contributed by atoms with Crippen LogP contribution in [0.3, 0.4) is 0 Å². The first-order chi connectivity index (χ1) is 14.7. The van der Waals surface area contributed by atoms with Gasteiger partial charge >= 0.3 is 12.2 Å². The quantitative estimate of drug-likeness (QED) is 0.526. The van der Waals surface area contributed by atoms with E-state index in [9.17, 15) is 23.1 Å². The number of nitrogens with zero attached hydrogens (tertiary/aromatic N) is 2. The Morgan fingerprint density at radius 3 is 2.74 bits per heavy atom. The van der Waals surface area contributed by atoms with Crippen molar-refractivity contribution in [1.82, 2.24) is 15.2 Å². The van der Waals surface area contributed by atoms with Gasteiger partial charge in [-0.15, -0.1) is 0 Å². The van der Waals surface area contributed by atoms with Gasteiger partial charge in [0, 0.05) is 31.3 Å². The third kappa shape index (κ3) is 5.61. The lowest BCUT2D eigenvalue weighted by molar-refractivity contribution is -0.137. The van der Waals surface area contributed by atoms with Crippen LogP contribution in [0.4, 0.5) is 28.2 Å². The van der Waals surface area contributed by atoms with Gasteiger partial charge in [0.15, 0.2) is 0 Å². The number of alkyl halides is 3. The summed E-state index contributed by atoms with van der Waals surface area (Å²) in [5, 5.41) is 24.1. The minimum atomic E-state index is -4.56. The number of dihydropyridines is 1. The molecular formula is C20H22F4N4O3. The number of amides is 2. The SMILES string of the molecule is O=C(Nc1ccc(C(F)(F)F)cn1)N1CC(C[C@@H](O)CO)CC(F)=C1C1=CCNC=C1. The van der Waals surface area contributed by atoms with Crippen molar-refractivity contribution in [1.29, 1.82) is 0 Å². The average molecular weight is 442 g/mol. The molecule has 2 atom stereocenters. The summed E-state index contributed by atoms with van der Waals surface area (Å²) in [5.41, 5.74) is -0.428. The molecule has 7 nitrogen and oxygen atoms in total. The summed E-state index contributed by atoms with van der Waals surface area (Å²) in [4.78, 5) is 17.7. The summed E-state index contributed by atoms with van der Waals surface area (Å²) in [7, 11) is 0. The number of carbonyl (C=O) groups excluding carboxylic acids is 1. The molecule has 0 aromatic carbocycles. The maximum Gasteiger partial charge on any atom is 0.417 e. The van der Waals surface area contributed by atoms with Crippen molar-refractivity contribution in [2.75, 3.05) is 25.0 Å². The predicted molar refractivity (Wildman–Crippen MR) is 104 cm³/mol. The van der Waals surface area contributed by atoms with Gasteiger partial charge in [0.05, 0.1) is 24.0 Å². The highest BCUT2D eigenvalue weighted by Crippen LogP contribution is 2.35. The third-order valence-corrected chi connectivity index (χ3v) is 4.92. The second kappa shape index (κ2) is 9.48. The van der Waals surface area contributed by atoms with Gasteiger partial charge in [0.1, 0.15) is 11.6 Å². The molecule has 4 N–H and O–H groups in total. The summed E-state index contributed by atoms with van der Waals surface area (Å²) in [6.45, 7) is -0.00794. The molecule has 3 rings (SSSR count). The lowest BCUT2D eigenvalue weighted by atomic mass is 9.91. The van der Waals surface area contributed by atoms with Crippen LogP contribution in [0, 0.1) is 5.92 Å². The van der Waals surface area contributed by atoms with Crippen LogP contribution in [-0.4, -0.2) is 51.9 Å². The highest BCUT2D eigenvalue weighted by Gasteiger charge is 2.34. The van der Waals surface area contributed by atoms with Gasteiger partial charge in [-0.1, -0.05) is 6.08 Å². The van der Waals surface area contributed by atoms with Crippen molar-refractivity contribution in [2.24, 2.45) is 5.92 Å². The number of pyridine rings is 1. The number of aliphatic hydroxyl groups excluding tert-OH is 2. The zero-order chi connectivity index (χ0) is 22.6. The summed E-state index contributed by atoms with van der Waals surface area (Å²) < 4.78 is 53.2. The molecule has 168 valence electrons. The van der Waals surface area contributed by atoms with Crippen molar-refractivity contribution >= 4 is 11.8 Å². The largest absolute Gasteiger partial charge is 0.417 e. The highest BCUT2D eigenvalue weighted by atomic mass is 19.4. The monoisotopic (exact) mass is 442 g/mol. The van der Waals surface area contributed by atoms with Crippen LogP contribution in [0.25, 0.3) is 0 Å². The Kier molecular flexibility index (Phi) is 6.96. The van der Waals surface area contributed by atoms with Gasteiger partial charge in [-0.25, -0.2) is 14.2 Å². The fourth-order valence-corrected chi connectivity index (χ4v) is 3.47. The minimum absolute atomic E-state index is 0.0205. The van der Waals surface area contributed by atoms with Crippen molar-refractivity contribution in [2.45, 2.75) is 25.1 Å². The Balaban J connectivity index is 1.84. The van der Waals surface area contributed by atoms with Gasteiger partial charge in [0.25, 0.3) is 0 Å². The third-order valence-electron chi connectivity index (χ3n) is 4.92. The molecule has 0 radical (unpaired) electrons. The standard InChI is InChI=1S/C20H22F4N4O3/c21-16-8-12(7-15(30)11-29)10-28(18(16)13-3-5-25-6-4-13)19(31)27-17-2-1-14(9-26-17)20(22,23)24/h1-5,9,12,15,25,29-30H,6-8,10-11H2,(H,26,27,31)/t12?,15-/m1/s1. The molecule has 2 amide bonds. The number of nitrogens with one attached hydrogen (secondary N) is 2. The second-order valence-electron chi connectivity index (χ2n) is 7.27. The van der Waals surface area contributed by atoms with Crippen molar-refractivity contribution in [3.63, 3.8) is 0 Å². The molecule has 2 aliphatic heterocycles. The van der Waals surface area contributed by atoms with E-state index in [4.69, 9.17) is 5.11 Å². The molecule has 3 heterocycles. The van der Waals surface area contributed by atoms with Gasteiger partial charge in [-0.05, 0) is 36.7 Å². The van der Waals surface area contributed by atoms with Crippen LogP contribution in [0.15, 0.2) is 53.8 Å². The fourth-order valence-electron chi connectivity index (χ4n) is 3.47. The average Bonchev–Trinajstić information content (AvgIpc) is 2.73. The normalized spacial score (nSPS) is 20.3. The molecule has 0 aliphatic carbocycles. The van der Waals surface area contributed by atoms with Crippen LogP contribution in [0.2, 0.25) is 0 Å². The van der Waals surface area contributed by atoms with E-state index in [0.717, 1.165) is 17.0 Å². The fraction of sp³-hybridized carbons (Fsp3) is 0.400. The van der Waals surface area contributed by atoms with E-state index in [0.29, 0.717) is 18.3 Å². The molecule has 0 spiro atoms. The topological polar surface area (TPSA) is 97.7 Å². The van der Waals surface area contributed by atoms with E-state index in [1.807, 2.05) is 0 Å². The summed E-state index contributed by atoms with van der Waals surface area (Å²) in [5.74, 6) is -1.14. The maximum absolute atomic E-state index is 15.0. The summed E-state index contributed by atoms with van der Waals surface area (Å²) in [6, 6.07) is 1.03. The van der Waals surface area contributed by atoms with E-state index < -0.39 is 42.2 Å². The molecule has 0 saturated carbocycles. The Bertz CT molecular complexity index is 897. The van der Waals surface area contributed by atoms with Gasteiger partial charge in [-0.3, -0.25) is 10.2 Å². The number of urea groups is 1. The van der Waals surface area contributed by atoms with Crippen LogP contribution >= 0.6 is 0 Å². The molecule has 1 aromatic rings. The number of carbonyl (C=O) groups is 1. The second-order valence-corrected chi connectivity index (χ2v) is 7.27. The number of rotatable bonds is 5. The molecule has 1 aromatic heterocycles. The van der Waals surface area contributed by atoms with Crippen LogP contribution in [0.1, 0.15) is 18.4 Å². The molecule has 2 aliphatic rings. The van der Waals surface area contributed by atoms with Crippen LogP contribution in [0.5, 0.6) is 0 Å². The molecule has 0 saturated heterocycles.